The van der Waals surface area contributed by atoms with Gasteiger partial charge >= 0.3 is 0 Å². The van der Waals surface area contributed by atoms with E-state index in [0.717, 1.165) is 28.8 Å². The van der Waals surface area contributed by atoms with Gasteiger partial charge in [0.25, 0.3) is 5.91 Å². The van der Waals surface area contributed by atoms with E-state index >= 15 is 0 Å². The Bertz CT molecular complexity index is 1230. The minimum atomic E-state index is -0.207. The normalized spacial score (nSPS) is 10.2. The van der Waals surface area contributed by atoms with E-state index in [-0.39, 0.29) is 12.5 Å². The van der Waals surface area contributed by atoms with E-state index in [1.807, 2.05) is 78.9 Å². The number of anilines is 1. The molecule has 0 heterocycles. The second-order valence-corrected chi connectivity index (χ2v) is 7.37. The Morgan fingerprint density at radius 2 is 1.41 bits per heavy atom. The third kappa shape index (κ3) is 5.41. The summed E-state index contributed by atoms with van der Waals surface area (Å²) in [5.41, 5.74) is 5.70. The lowest BCUT2D eigenvalue weighted by Crippen LogP contribution is -2.21. The van der Waals surface area contributed by atoms with Crippen LogP contribution in [0.1, 0.15) is 16.7 Å². The zero-order valence-electron chi connectivity index (χ0n) is 17.5. The Balaban J connectivity index is 1.35. The summed E-state index contributed by atoms with van der Waals surface area (Å²) in [6.07, 6.45) is 0.745. The van der Waals surface area contributed by atoms with E-state index in [9.17, 15) is 4.79 Å². The SMILES string of the molecule is N#Cc1ccc(-c2ccc(OCC(=O)Nc3ccccc3Cc3ccccc3)cc2)cc1. The molecule has 0 atom stereocenters. The Labute approximate surface area is 187 Å². The molecule has 32 heavy (non-hydrogen) atoms. The lowest BCUT2D eigenvalue weighted by Gasteiger charge is -2.12. The minimum absolute atomic E-state index is 0.0735. The number of para-hydroxylation sites is 1. The van der Waals surface area contributed by atoms with Gasteiger partial charge in [-0.05, 0) is 59.0 Å². The number of ether oxygens (including phenoxy) is 1. The van der Waals surface area contributed by atoms with Crippen LogP contribution in [0.25, 0.3) is 11.1 Å². The molecule has 1 N–H and O–H groups in total. The summed E-state index contributed by atoms with van der Waals surface area (Å²) in [6, 6.07) is 35.0. The van der Waals surface area contributed by atoms with Gasteiger partial charge in [-0.1, -0.05) is 72.8 Å². The summed E-state index contributed by atoms with van der Waals surface area (Å²) in [5.74, 6) is 0.414. The maximum Gasteiger partial charge on any atom is 0.262 e. The highest BCUT2D eigenvalue weighted by atomic mass is 16.5. The molecule has 0 bridgehead atoms. The lowest BCUT2D eigenvalue weighted by atomic mass is 10.0. The van der Waals surface area contributed by atoms with Crippen molar-refractivity contribution in [2.75, 3.05) is 11.9 Å². The van der Waals surface area contributed by atoms with Crippen LogP contribution in [0.15, 0.2) is 103 Å². The molecule has 4 nitrogen and oxygen atoms in total. The fraction of sp³-hybridized carbons (Fsp3) is 0.0714. The number of hydrogen-bond acceptors (Lipinski definition) is 3. The fourth-order valence-electron chi connectivity index (χ4n) is 3.43. The number of amides is 1. The first-order valence-corrected chi connectivity index (χ1v) is 10.4. The van der Waals surface area contributed by atoms with Gasteiger partial charge in [0.1, 0.15) is 5.75 Å². The molecule has 0 saturated heterocycles. The van der Waals surface area contributed by atoms with Gasteiger partial charge in [-0.2, -0.15) is 5.26 Å². The van der Waals surface area contributed by atoms with Gasteiger partial charge in [0, 0.05) is 5.69 Å². The third-order valence-corrected chi connectivity index (χ3v) is 5.10. The van der Waals surface area contributed by atoms with Gasteiger partial charge in [-0.3, -0.25) is 4.79 Å². The topological polar surface area (TPSA) is 62.1 Å². The van der Waals surface area contributed by atoms with Crippen LogP contribution >= 0.6 is 0 Å². The highest BCUT2D eigenvalue weighted by Gasteiger charge is 2.08. The van der Waals surface area contributed by atoms with Crippen molar-refractivity contribution in [1.82, 2.24) is 0 Å². The van der Waals surface area contributed by atoms with Crippen LogP contribution in [-0.2, 0) is 11.2 Å². The van der Waals surface area contributed by atoms with Gasteiger partial charge in [-0.15, -0.1) is 0 Å². The summed E-state index contributed by atoms with van der Waals surface area (Å²) in [5, 5.41) is 11.9. The summed E-state index contributed by atoms with van der Waals surface area (Å²) < 4.78 is 5.67. The van der Waals surface area contributed by atoms with E-state index in [0.29, 0.717) is 11.3 Å². The zero-order chi connectivity index (χ0) is 22.2. The standard InChI is InChI=1S/C28H22N2O2/c29-19-22-10-12-23(13-11-22)24-14-16-26(17-15-24)32-20-28(31)30-27-9-5-4-8-25(27)18-21-6-2-1-3-7-21/h1-17H,18,20H2,(H,30,31). The first-order chi connectivity index (χ1) is 15.7. The van der Waals surface area contributed by atoms with E-state index in [2.05, 4.69) is 23.5 Å². The number of nitrogens with one attached hydrogen (secondary N) is 1. The van der Waals surface area contributed by atoms with Crippen molar-refractivity contribution in [3.8, 4) is 22.9 Å². The molecule has 4 aromatic carbocycles. The van der Waals surface area contributed by atoms with Crippen molar-refractivity contribution in [2.45, 2.75) is 6.42 Å². The predicted molar refractivity (Wildman–Crippen MR) is 126 cm³/mol. The average molecular weight is 418 g/mol. The Morgan fingerprint density at radius 3 is 2.09 bits per heavy atom. The molecule has 0 aliphatic heterocycles. The van der Waals surface area contributed by atoms with Crippen LogP contribution in [0.2, 0.25) is 0 Å². The zero-order valence-corrected chi connectivity index (χ0v) is 17.5. The predicted octanol–water partition coefficient (Wildman–Crippen LogP) is 5.83. The van der Waals surface area contributed by atoms with Gasteiger partial charge < -0.3 is 10.1 Å². The first-order valence-electron chi connectivity index (χ1n) is 10.4. The second-order valence-electron chi connectivity index (χ2n) is 7.37. The Hall–Kier alpha value is -4.36. The molecule has 0 fully saturated rings. The highest BCUT2D eigenvalue weighted by Crippen LogP contribution is 2.23. The quantitative estimate of drug-likeness (QED) is 0.410. The fourth-order valence-corrected chi connectivity index (χ4v) is 3.43. The molecule has 0 spiro atoms. The number of carbonyl (C=O) groups is 1. The number of nitrogens with zero attached hydrogens (tertiary/aromatic N) is 1. The number of rotatable bonds is 7. The third-order valence-electron chi connectivity index (χ3n) is 5.10. The summed E-state index contributed by atoms with van der Waals surface area (Å²) in [7, 11) is 0. The van der Waals surface area contributed by atoms with Crippen LogP contribution in [0.4, 0.5) is 5.69 Å². The molecule has 0 aromatic heterocycles. The molecule has 1 amide bonds. The van der Waals surface area contributed by atoms with Gasteiger partial charge in [0.05, 0.1) is 11.6 Å². The van der Waals surface area contributed by atoms with E-state index in [1.54, 1.807) is 12.1 Å². The minimum Gasteiger partial charge on any atom is -0.484 e. The molecular formula is C28H22N2O2. The number of hydrogen-bond donors (Lipinski definition) is 1. The Morgan fingerprint density at radius 1 is 0.781 bits per heavy atom. The van der Waals surface area contributed by atoms with Crippen LogP contribution in [0, 0.1) is 11.3 Å². The van der Waals surface area contributed by atoms with Crippen molar-refractivity contribution in [3.63, 3.8) is 0 Å². The number of carbonyl (C=O) groups excluding carboxylic acids is 1. The van der Waals surface area contributed by atoms with Crippen molar-refractivity contribution in [2.24, 2.45) is 0 Å². The monoisotopic (exact) mass is 418 g/mol. The first kappa shape index (κ1) is 20.9. The molecule has 4 rings (SSSR count). The van der Waals surface area contributed by atoms with Gasteiger partial charge in [0.2, 0.25) is 0 Å². The lowest BCUT2D eigenvalue weighted by molar-refractivity contribution is -0.118. The number of nitriles is 1. The highest BCUT2D eigenvalue weighted by molar-refractivity contribution is 5.92. The van der Waals surface area contributed by atoms with Crippen molar-refractivity contribution < 1.29 is 9.53 Å². The maximum atomic E-state index is 12.5. The largest absolute Gasteiger partial charge is 0.484 e. The molecular weight excluding hydrogens is 396 g/mol. The van der Waals surface area contributed by atoms with Gasteiger partial charge in [0.15, 0.2) is 6.61 Å². The summed E-state index contributed by atoms with van der Waals surface area (Å²) >= 11 is 0. The molecule has 4 aromatic rings. The molecule has 0 radical (unpaired) electrons. The van der Waals surface area contributed by atoms with Crippen LogP contribution in [-0.4, -0.2) is 12.5 Å². The molecule has 156 valence electrons. The summed E-state index contributed by atoms with van der Waals surface area (Å²) in [6.45, 7) is -0.0735. The van der Waals surface area contributed by atoms with E-state index in [1.165, 1.54) is 5.56 Å². The smallest absolute Gasteiger partial charge is 0.262 e. The van der Waals surface area contributed by atoms with Crippen LogP contribution < -0.4 is 10.1 Å². The molecule has 4 heteroatoms. The molecule has 0 aliphatic rings. The maximum absolute atomic E-state index is 12.5. The van der Waals surface area contributed by atoms with E-state index < -0.39 is 0 Å². The number of benzene rings is 4. The van der Waals surface area contributed by atoms with Crippen LogP contribution in [0.3, 0.4) is 0 Å². The average Bonchev–Trinajstić information content (AvgIpc) is 2.85. The van der Waals surface area contributed by atoms with Crippen molar-refractivity contribution in [1.29, 1.82) is 5.26 Å². The summed E-state index contributed by atoms with van der Waals surface area (Å²) in [4.78, 5) is 12.5. The molecule has 0 aliphatic carbocycles. The molecule has 0 unspecified atom stereocenters. The Kier molecular flexibility index (Phi) is 6.60. The van der Waals surface area contributed by atoms with Crippen molar-refractivity contribution in [3.05, 3.63) is 120 Å². The molecule has 0 saturated carbocycles. The van der Waals surface area contributed by atoms with Crippen LogP contribution in [0.5, 0.6) is 5.75 Å². The van der Waals surface area contributed by atoms with Gasteiger partial charge in [-0.25, -0.2) is 0 Å². The second kappa shape index (κ2) is 10.1. The van der Waals surface area contributed by atoms with E-state index in [4.69, 9.17) is 10.00 Å². The van der Waals surface area contributed by atoms with Crippen molar-refractivity contribution >= 4 is 11.6 Å².